The summed E-state index contributed by atoms with van der Waals surface area (Å²) in [7, 11) is 0. The van der Waals surface area contributed by atoms with Crippen LogP contribution in [0, 0.1) is 5.92 Å². The van der Waals surface area contributed by atoms with Gasteiger partial charge in [0, 0.05) is 12.6 Å². The van der Waals surface area contributed by atoms with Crippen molar-refractivity contribution in [1.29, 1.82) is 0 Å². The van der Waals surface area contributed by atoms with Crippen LogP contribution in [-0.2, 0) is 20.9 Å². The minimum absolute atomic E-state index is 0.0583. The molecule has 1 atom stereocenters. The molecule has 1 aliphatic rings. The van der Waals surface area contributed by atoms with Crippen molar-refractivity contribution in [3.05, 3.63) is 41.5 Å². The summed E-state index contributed by atoms with van der Waals surface area (Å²) >= 11 is 0. The third-order valence-corrected chi connectivity index (χ3v) is 5.04. The number of amides is 1. The van der Waals surface area contributed by atoms with Crippen LogP contribution in [0.3, 0.4) is 0 Å². The van der Waals surface area contributed by atoms with Crippen LogP contribution in [0.1, 0.15) is 64.0 Å². The fourth-order valence-corrected chi connectivity index (χ4v) is 3.58. The van der Waals surface area contributed by atoms with E-state index >= 15 is 0 Å². The molecule has 0 aromatic heterocycles. The Morgan fingerprint density at radius 2 is 1.89 bits per heavy atom. The average molecular weight is 389 g/mol. The first-order valence-corrected chi connectivity index (χ1v) is 9.99. The predicted octanol–water partition coefficient (Wildman–Crippen LogP) is 3.59. The van der Waals surface area contributed by atoms with E-state index in [1.54, 1.807) is 11.6 Å². The molecule has 2 rings (SSSR count). The summed E-state index contributed by atoms with van der Waals surface area (Å²) in [6, 6.07) is 7.66. The second-order valence-electron chi connectivity index (χ2n) is 8.15. The fourth-order valence-electron chi connectivity index (χ4n) is 3.58. The molecule has 154 valence electrons. The maximum atomic E-state index is 12.9. The molecule has 6 nitrogen and oxygen atoms in total. The van der Waals surface area contributed by atoms with E-state index in [0.717, 1.165) is 36.8 Å². The summed E-state index contributed by atoms with van der Waals surface area (Å²) in [6.45, 7) is 6.68. The lowest BCUT2D eigenvalue weighted by molar-refractivity contribution is -0.157. The molecule has 3 N–H and O–H groups in total. The van der Waals surface area contributed by atoms with Crippen molar-refractivity contribution in [2.45, 2.75) is 71.1 Å². The molecule has 6 heteroatoms. The van der Waals surface area contributed by atoms with Crippen LogP contribution in [0.2, 0.25) is 0 Å². The van der Waals surface area contributed by atoms with Gasteiger partial charge in [-0.2, -0.15) is 0 Å². The first-order valence-electron chi connectivity index (χ1n) is 9.99. The zero-order valence-corrected chi connectivity index (χ0v) is 17.0. The largest absolute Gasteiger partial charge is 0.461 e. The standard InChI is InChI=1S/C22H32N2O4/c1-16(2)14-22(3,21(26)28-19-6-4-5-7-19)23-15-18-10-8-17(9-11-18)12-13-20(25)24-27/h8-13,16,19,23,27H,4-7,14-15H2,1-3H3,(H,24,25)/t22-/m1/s1. The summed E-state index contributed by atoms with van der Waals surface area (Å²) in [4.78, 5) is 23.9. The van der Waals surface area contributed by atoms with Crippen LogP contribution in [0.4, 0.5) is 0 Å². The monoisotopic (exact) mass is 388 g/mol. The molecular weight excluding hydrogens is 356 g/mol. The lowest BCUT2D eigenvalue weighted by Crippen LogP contribution is -2.51. The van der Waals surface area contributed by atoms with Crippen LogP contribution >= 0.6 is 0 Å². The van der Waals surface area contributed by atoms with Gasteiger partial charge in [0.05, 0.1) is 0 Å². The highest BCUT2D eigenvalue weighted by Gasteiger charge is 2.37. The molecule has 1 aliphatic carbocycles. The molecule has 0 saturated heterocycles. The molecule has 1 saturated carbocycles. The topological polar surface area (TPSA) is 87.7 Å². The van der Waals surface area contributed by atoms with Crippen molar-refractivity contribution >= 4 is 18.0 Å². The third kappa shape index (κ3) is 6.77. The van der Waals surface area contributed by atoms with Crippen LogP contribution in [0.25, 0.3) is 6.08 Å². The Hall–Kier alpha value is -2.18. The van der Waals surface area contributed by atoms with E-state index in [-0.39, 0.29) is 12.1 Å². The number of carbonyl (C=O) groups is 2. The van der Waals surface area contributed by atoms with Crippen LogP contribution in [0.5, 0.6) is 0 Å². The van der Waals surface area contributed by atoms with E-state index < -0.39 is 11.4 Å². The fraction of sp³-hybridized carbons (Fsp3) is 0.545. The van der Waals surface area contributed by atoms with Crippen molar-refractivity contribution in [3.63, 3.8) is 0 Å². The van der Waals surface area contributed by atoms with Crippen molar-refractivity contribution in [3.8, 4) is 0 Å². The molecule has 0 bridgehead atoms. The Morgan fingerprint density at radius 3 is 2.46 bits per heavy atom. The van der Waals surface area contributed by atoms with Gasteiger partial charge < -0.3 is 4.74 Å². The summed E-state index contributed by atoms with van der Waals surface area (Å²) < 4.78 is 5.78. The number of hydrogen-bond donors (Lipinski definition) is 3. The molecule has 0 heterocycles. The summed E-state index contributed by atoms with van der Waals surface area (Å²) in [5, 5.41) is 11.9. The van der Waals surface area contributed by atoms with Gasteiger partial charge in [-0.1, -0.05) is 38.1 Å². The Morgan fingerprint density at radius 1 is 1.25 bits per heavy atom. The highest BCUT2D eigenvalue weighted by atomic mass is 16.5. The minimum atomic E-state index is -0.728. The van der Waals surface area contributed by atoms with Crippen molar-refractivity contribution in [2.24, 2.45) is 5.92 Å². The van der Waals surface area contributed by atoms with Crippen molar-refractivity contribution < 1.29 is 19.5 Å². The Kier molecular flexibility index (Phi) is 8.20. The second-order valence-corrected chi connectivity index (χ2v) is 8.15. The summed E-state index contributed by atoms with van der Waals surface area (Å²) in [5.41, 5.74) is 2.71. The molecule has 0 spiro atoms. The predicted molar refractivity (Wildman–Crippen MR) is 108 cm³/mol. The Bertz CT molecular complexity index is 678. The van der Waals surface area contributed by atoms with Crippen molar-refractivity contribution in [1.82, 2.24) is 10.8 Å². The van der Waals surface area contributed by atoms with Crippen molar-refractivity contribution in [2.75, 3.05) is 0 Å². The molecule has 0 radical (unpaired) electrons. The highest BCUT2D eigenvalue weighted by molar-refractivity contribution is 5.90. The second kappa shape index (κ2) is 10.4. The molecule has 1 fully saturated rings. The Labute approximate surface area is 167 Å². The van der Waals surface area contributed by atoms with Crippen LogP contribution < -0.4 is 10.8 Å². The van der Waals surface area contributed by atoms with Gasteiger partial charge in [-0.05, 0) is 62.1 Å². The lowest BCUT2D eigenvalue weighted by atomic mass is 9.90. The number of ether oxygens (including phenoxy) is 1. The van der Waals surface area contributed by atoms with E-state index in [2.05, 4.69) is 19.2 Å². The third-order valence-electron chi connectivity index (χ3n) is 5.04. The molecule has 0 aliphatic heterocycles. The van der Waals surface area contributed by atoms with Gasteiger partial charge in [0.25, 0.3) is 5.91 Å². The molecule has 1 aromatic carbocycles. The van der Waals surface area contributed by atoms with Crippen LogP contribution in [-0.4, -0.2) is 28.7 Å². The van der Waals surface area contributed by atoms with E-state index in [1.807, 2.05) is 31.2 Å². The van der Waals surface area contributed by atoms with Gasteiger partial charge in [0.15, 0.2) is 0 Å². The van der Waals surface area contributed by atoms with E-state index in [9.17, 15) is 9.59 Å². The highest BCUT2D eigenvalue weighted by Crippen LogP contribution is 2.25. The van der Waals surface area contributed by atoms with Gasteiger partial charge in [0.1, 0.15) is 11.6 Å². The zero-order chi connectivity index (χ0) is 20.6. The lowest BCUT2D eigenvalue weighted by Gasteiger charge is -2.31. The summed E-state index contributed by atoms with van der Waals surface area (Å²) in [6.07, 6.45) is 7.83. The molecule has 1 amide bonds. The van der Waals surface area contributed by atoms with E-state index in [0.29, 0.717) is 18.9 Å². The normalized spacial score (nSPS) is 17.0. The van der Waals surface area contributed by atoms with Crippen LogP contribution in [0.15, 0.2) is 30.3 Å². The van der Waals surface area contributed by atoms with E-state index in [4.69, 9.17) is 9.94 Å². The molecular formula is C22H32N2O4. The Balaban J connectivity index is 1.99. The maximum absolute atomic E-state index is 12.9. The van der Waals surface area contributed by atoms with Gasteiger partial charge >= 0.3 is 5.97 Å². The van der Waals surface area contributed by atoms with Gasteiger partial charge in [0.2, 0.25) is 0 Å². The summed E-state index contributed by atoms with van der Waals surface area (Å²) in [5.74, 6) is -0.377. The first kappa shape index (κ1) is 22.1. The van der Waals surface area contributed by atoms with Gasteiger partial charge in [-0.3, -0.25) is 20.1 Å². The quantitative estimate of drug-likeness (QED) is 0.260. The molecule has 0 unspecified atom stereocenters. The first-order chi connectivity index (χ1) is 13.3. The van der Waals surface area contributed by atoms with E-state index in [1.165, 1.54) is 6.08 Å². The maximum Gasteiger partial charge on any atom is 0.326 e. The molecule has 1 aromatic rings. The number of nitrogens with one attached hydrogen (secondary N) is 2. The molecule has 28 heavy (non-hydrogen) atoms. The zero-order valence-electron chi connectivity index (χ0n) is 17.0. The average Bonchev–Trinajstić information content (AvgIpc) is 3.17. The minimum Gasteiger partial charge on any atom is -0.461 e. The SMILES string of the molecule is CC(C)C[C@@](C)(NCc1ccc(C=CC(=O)NO)cc1)C(=O)OC1CCCC1. The smallest absolute Gasteiger partial charge is 0.326 e. The van der Waals surface area contributed by atoms with Gasteiger partial charge in [-0.15, -0.1) is 0 Å². The number of esters is 1. The number of carbonyl (C=O) groups excluding carboxylic acids is 2. The number of rotatable bonds is 9. The number of hydroxylamine groups is 1. The number of benzene rings is 1. The van der Waals surface area contributed by atoms with Gasteiger partial charge in [-0.25, -0.2) is 5.48 Å². The number of hydrogen-bond acceptors (Lipinski definition) is 5.